The lowest BCUT2D eigenvalue weighted by atomic mass is 10.1. The molecule has 0 aliphatic heterocycles. The van der Waals surface area contributed by atoms with E-state index in [4.69, 9.17) is 9.47 Å². The summed E-state index contributed by atoms with van der Waals surface area (Å²) in [6.45, 7) is 0. The van der Waals surface area contributed by atoms with Crippen LogP contribution in [0.3, 0.4) is 0 Å². The summed E-state index contributed by atoms with van der Waals surface area (Å²) in [5.41, 5.74) is 0.722. The summed E-state index contributed by atoms with van der Waals surface area (Å²) < 4.78 is 16.5. The van der Waals surface area contributed by atoms with Crippen LogP contribution in [0.15, 0.2) is 78.9 Å². The van der Waals surface area contributed by atoms with E-state index in [0.717, 1.165) is 5.56 Å². The molecule has 27 heavy (non-hydrogen) atoms. The van der Waals surface area contributed by atoms with Gasteiger partial charge in [0.15, 0.2) is 17.6 Å². The zero-order chi connectivity index (χ0) is 19.1. The molecule has 1 atom stereocenters. The SMILES string of the molecule is COC(=O)C(O)Cc1ccc(Oc2ccccc2)c(Oc2ccccc2)c1. The molecule has 0 aliphatic carbocycles. The van der Waals surface area contributed by atoms with Crippen molar-refractivity contribution in [2.45, 2.75) is 12.5 Å². The summed E-state index contributed by atoms with van der Waals surface area (Å²) in [4.78, 5) is 11.5. The second-order valence-corrected chi connectivity index (χ2v) is 5.85. The fourth-order valence-electron chi connectivity index (χ4n) is 2.52. The van der Waals surface area contributed by atoms with E-state index in [1.807, 2.05) is 60.7 Å². The lowest BCUT2D eigenvalue weighted by molar-refractivity contribution is -0.150. The van der Waals surface area contributed by atoms with Gasteiger partial charge in [-0.25, -0.2) is 4.79 Å². The lowest BCUT2D eigenvalue weighted by Gasteiger charge is -2.15. The van der Waals surface area contributed by atoms with Crippen LogP contribution in [0.5, 0.6) is 23.0 Å². The number of hydrogen-bond acceptors (Lipinski definition) is 5. The van der Waals surface area contributed by atoms with Crippen molar-refractivity contribution in [1.82, 2.24) is 0 Å². The predicted octanol–water partition coefficient (Wildman–Crippen LogP) is 4.35. The normalized spacial score (nSPS) is 11.5. The minimum absolute atomic E-state index is 0.115. The number of para-hydroxylation sites is 2. The zero-order valence-corrected chi connectivity index (χ0v) is 14.9. The van der Waals surface area contributed by atoms with Crippen LogP contribution in [0.25, 0.3) is 0 Å². The Kier molecular flexibility index (Phi) is 6.07. The van der Waals surface area contributed by atoms with Gasteiger partial charge >= 0.3 is 5.97 Å². The second-order valence-electron chi connectivity index (χ2n) is 5.85. The summed E-state index contributed by atoms with van der Waals surface area (Å²) in [6.07, 6.45) is -1.12. The smallest absolute Gasteiger partial charge is 0.335 e. The third kappa shape index (κ3) is 5.09. The summed E-state index contributed by atoms with van der Waals surface area (Å²) in [5.74, 6) is 1.67. The Morgan fingerprint density at radius 3 is 1.96 bits per heavy atom. The summed E-state index contributed by atoms with van der Waals surface area (Å²) >= 11 is 0. The molecule has 5 nitrogen and oxygen atoms in total. The Balaban J connectivity index is 1.88. The fraction of sp³-hybridized carbons (Fsp3) is 0.136. The second kappa shape index (κ2) is 8.87. The van der Waals surface area contributed by atoms with E-state index in [-0.39, 0.29) is 6.42 Å². The quantitative estimate of drug-likeness (QED) is 0.632. The number of aliphatic hydroxyl groups excluding tert-OH is 1. The topological polar surface area (TPSA) is 65.0 Å². The van der Waals surface area contributed by atoms with Gasteiger partial charge in [0.2, 0.25) is 0 Å². The predicted molar refractivity (Wildman–Crippen MR) is 101 cm³/mol. The Labute approximate surface area is 157 Å². The minimum atomic E-state index is -1.24. The molecular weight excluding hydrogens is 344 g/mol. The van der Waals surface area contributed by atoms with Crippen LogP contribution in [0.1, 0.15) is 5.56 Å². The maximum Gasteiger partial charge on any atom is 0.335 e. The van der Waals surface area contributed by atoms with E-state index < -0.39 is 12.1 Å². The Morgan fingerprint density at radius 1 is 0.852 bits per heavy atom. The van der Waals surface area contributed by atoms with Gasteiger partial charge < -0.3 is 19.3 Å². The standard InChI is InChI=1S/C22H20O5/c1-25-22(24)19(23)14-16-12-13-20(26-17-8-4-2-5-9-17)21(15-16)27-18-10-6-3-7-11-18/h2-13,15,19,23H,14H2,1H3. The third-order valence-corrected chi connectivity index (χ3v) is 3.85. The van der Waals surface area contributed by atoms with Gasteiger partial charge in [-0.1, -0.05) is 42.5 Å². The van der Waals surface area contributed by atoms with Crippen molar-refractivity contribution in [3.63, 3.8) is 0 Å². The number of ether oxygens (including phenoxy) is 3. The molecule has 1 N–H and O–H groups in total. The van der Waals surface area contributed by atoms with Crippen molar-refractivity contribution in [1.29, 1.82) is 0 Å². The number of hydrogen-bond donors (Lipinski definition) is 1. The first-order valence-corrected chi connectivity index (χ1v) is 8.50. The van der Waals surface area contributed by atoms with Crippen LogP contribution in [0.2, 0.25) is 0 Å². The number of benzene rings is 3. The molecule has 0 aromatic heterocycles. The molecule has 0 saturated heterocycles. The molecule has 0 aliphatic rings. The first-order valence-electron chi connectivity index (χ1n) is 8.50. The number of aliphatic hydroxyl groups is 1. The Hall–Kier alpha value is -3.31. The molecule has 5 heteroatoms. The van der Waals surface area contributed by atoms with Gasteiger partial charge in [0.1, 0.15) is 11.5 Å². The van der Waals surface area contributed by atoms with Gasteiger partial charge in [0, 0.05) is 6.42 Å². The molecule has 0 radical (unpaired) electrons. The van der Waals surface area contributed by atoms with Gasteiger partial charge in [-0.3, -0.25) is 0 Å². The average Bonchev–Trinajstić information content (AvgIpc) is 2.71. The van der Waals surface area contributed by atoms with Crippen molar-refractivity contribution < 1.29 is 24.1 Å². The first-order chi connectivity index (χ1) is 13.2. The molecule has 0 spiro atoms. The van der Waals surface area contributed by atoms with E-state index >= 15 is 0 Å². The van der Waals surface area contributed by atoms with Crippen LogP contribution in [-0.4, -0.2) is 24.3 Å². The van der Waals surface area contributed by atoms with Gasteiger partial charge in [-0.2, -0.15) is 0 Å². The highest BCUT2D eigenvalue weighted by atomic mass is 16.5. The maximum absolute atomic E-state index is 11.5. The monoisotopic (exact) mass is 364 g/mol. The molecule has 0 bridgehead atoms. The fourth-order valence-corrected chi connectivity index (χ4v) is 2.52. The van der Waals surface area contributed by atoms with Crippen molar-refractivity contribution in [2.75, 3.05) is 7.11 Å². The van der Waals surface area contributed by atoms with E-state index in [0.29, 0.717) is 23.0 Å². The first kappa shape index (κ1) is 18.5. The van der Waals surface area contributed by atoms with Crippen LogP contribution in [0, 0.1) is 0 Å². The Bertz CT molecular complexity index is 878. The lowest BCUT2D eigenvalue weighted by Crippen LogP contribution is -2.24. The van der Waals surface area contributed by atoms with E-state index in [1.54, 1.807) is 18.2 Å². The highest BCUT2D eigenvalue weighted by molar-refractivity contribution is 5.74. The molecule has 3 aromatic rings. The summed E-state index contributed by atoms with van der Waals surface area (Å²) in [6, 6.07) is 24.0. The maximum atomic E-state index is 11.5. The van der Waals surface area contributed by atoms with E-state index in [2.05, 4.69) is 4.74 Å². The molecule has 0 saturated carbocycles. The van der Waals surface area contributed by atoms with Crippen molar-refractivity contribution in [3.05, 3.63) is 84.4 Å². The molecule has 0 heterocycles. The average molecular weight is 364 g/mol. The molecule has 1 unspecified atom stereocenters. The van der Waals surface area contributed by atoms with Crippen LogP contribution in [-0.2, 0) is 16.0 Å². The number of esters is 1. The minimum Gasteiger partial charge on any atom is -0.467 e. The van der Waals surface area contributed by atoms with Crippen molar-refractivity contribution in [2.24, 2.45) is 0 Å². The largest absolute Gasteiger partial charge is 0.467 e. The molecule has 0 fully saturated rings. The van der Waals surface area contributed by atoms with Gasteiger partial charge in [0.05, 0.1) is 7.11 Å². The molecule has 0 amide bonds. The van der Waals surface area contributed by atoms with Crippen molar-refractivity contribution in [3.8, 4) is 23.0 Å². The van der Waals surface area contributed by atoms with Crippen LogP contribution >= 0.6 is 0 Å². The molecule has 3 aromatic carbocycles. The molecule has 138 valence electrons. The number of methoxy groups -OCH3 is 1. The van der Waals surface area contributed by atoms with Gasteiger partial charge in [0.25, 0.3) is 0 Å². The summed E-state index contributed by atoms with van der Waals surface area (Å²) in [7, 11) is 1.24. The van der Waals surface area contributed by atoms with E-state index in [9.17, 15) is 9.90 Å². The highest BCUT2D eigenvalue weighted by Crippen LogP contribution is 2.35. The number of carbonyl (C=O) groups is 1. The molecule has 3 rings (SSSR count). The van der Waals surface area contributed by atoms with Gasteiger partial charge in [-0.15, -0.1) is 0 Å². The van der Waals surface area contributed by atoms with Crippen LogP contribution < -0.4 is 9.47 Å². The Morgan fingerprint density at radius 2 is 1.41 bits per heavy atom. The number of rotatable bonds is 7. The van der Waals surface area contributed by atoms with Crippen LogP contribution in [0.4, 0.5) is 0 Å². The summed E-state index contributed by atoms with van der Waals surface area (Å²) in [5, 5.41) is 9.91. The highest BCUT2D eigenvalue weighted by Gasteiger charge is 2.17. The molecular formula is C22H20O5. The number of carbonyl (C=O) groups excluding carboxylic acids is 1. The van der Waals surface area contributed by atoms with Crippen molar-refractivity contribution >= 4 is 5.97 Å². The van der Waals surface area contributed by atoms with E-state index in [1.165, 1.54) is 7.11 Å². The zero-order valence-electron chi connectivity index (χ0n) is 14.9. The van der Waals surface area contributed by atoms with Gasteiger partial charge in [-0.05, 0) is 42.0 Å². The third-order valence-electron chi connectivity index (χ3n) is 3.85.